The number of halogens is 3. The van der Waals surface area contributed by atoms with E-state index in [1.807, 2.05) is 12.1 Å². The average Bonchev–Trinajstić information content (AvgIpc) is 3.12. The molecule has 0 unspecified atom stereocenters. The van der Waals surface area contributed by atoms with Gasteiger partial charge in [0.2, 0.25) is 0 Å². The molecule has 3 rings (SSSR count). The molecule has 3 aromatic rings. The molecule has 148 valence electrons. The molecule has 28 heavy (non-hydrogen) atoms. The van der Waals surface area contributed by atoms with Crippen molar-refractivity contribution >= 4 is 27.0 Å². The molecule has 1 N–H and O–H groups in total. The van der Waals surface area contributed by atoms with Crippen molar-refractivity contribution in [2.75, 3.05) is 11.8 Å². The number of ether oxygens (including phenoxy) is 1. The number of sulfonamides is 1. The highest BCUT2D eigenvalue weighted by Gasteiger charge is 2.46. The molecule has 0 saturated heterocycles. The summed E-state index contributed by atoms with van der Waals surface area (Å²) in [6.07, 6.45) is 1.66. The summed E-state index contributed by atoms with van der Waals surface area (Å²) in [5.41, 5.74) is -2.67. The lowest BCUT2D eigenvalue weighted by atomic mass is 10.1. The molecule has 0 atom stereocenters. The van der Waals surface area contributed by atoms with Crippen molar-refractivity contribution in [2.45, 2.75) is 12.1 Å². The number of alkyl halides is 3. The third-order valence-electron chi connectivity index (χ3n) is 3.60. The van der Waals surface area contributed by atoms with Crippen molar-refractivity contribution < 1.29 is 26.3 Å². The Hall–Kier alpha value is -2.50. The van der Waals surface area contributed by atoms with Gasteiger partial charge in [0.15, 0.2) is 0 Å². The van der Waals surface area contributed by atoms with Gasteiger partial charge in [0.05, 0.1) is 18.0 Å². The molecule has 6 nitrogen and oxygen atoms in total. The number of benzene rings is 1. The number of anilines is 1. The number of pyridine rings is 1. The first-order valence-corrected chi connectivity index (χ1v) is 10.2. The standard InChI is InChI=1S/C17H14F3N3O3S2/c1-26-9-14-8-12(6-7-21-14)16-22-15(10-27-16)11-2-4-13(5-3-11)23-28(24,25)17(18,19)20/h2-8,10,23H,9H2,1H3. The zero-order valence-corrected chi connectivity index (χ0v) is 16.0. The fourth-order valence-corrected chi connectivity index (χ4v) is 3.69. The number of methoxy groups -OCH3 is 1. The summed E-state index contributed by atoms with van der Waals surface area (Å²) >= 11 is 1.40. The molecule has 2 aromatic heterocycles. The van der Waals surface area contributed by atoms with Gasteiger partial charge in [-0.05, 0) is 24.3 Å². The van der Waals surface area contributed by atoms with Crippen LogP contribution in [0.4, 0.5) is 18.9 Å². The van der Waals surface area contributed by atoms with Crippen LogP contribution in [0.5, 0.6) is 0 Å². The summed E-state index contributed by atoms with van der Waals surface area (Å²) in [6.45, 7) is 0.376. The van der Waals surface area contributed by atoms with Crippen LogP contribution in [-0.4, -0.2) is 31.0 Å². The minimum absolute atomic E-state index is 0.185. The van der Waals surface area contributed by atoms with Gasteiger partial charge in [-0.25, -0.2) is 4.98 Å². The van der Waals surface area contributed by atoms with Crippen molar-refractivity contribution in [2.24, 2.45) is 0 Å². The Labute approximate surface area is 163 Å². The van der Waals surface area contributed by atoms with E-state index < -0.39 is 15.5 Å². The largest absolute Gasteiger partial charge is 0.516 e. The highest BCUT2D eigenvalue weighted by Crippen LogP contribution is 2.30. The van der Waals surface area contributed by atoms with E-state index in [1.54, 1.807) is 18.7 Å². The van der Waals surface area contributed by atoms with Crippen molar-refractivity contribution in [1.29, 1.82) is 0 Å². The van der Waals surface area contributed by atoms with Gasteiger partial charge in [-0.3, -0.25) is 9.71 Å². The SMILES string of the molecule is COCc1cc(-c2nc(-c3ccc(NS(=O)(=O)C(F)(F)F)cc3)cs2)ccn1. The van der Waals surface area contributed by atoms with Gasteiger partial charge in [-0.15, -0.1) is 11.3 Å². The van der Waals surface area contributed by atoms with Crippen LogP contribution in [0.1, 0.15) is 5.69 Å². The van der Waals surface area contributed by atoms with E-state index in [4.69, 9.17) is 4.74 Å². The number of rotatable bonds is 6. The van der Waals surface area contributed by atoms with Gasteiger partial charge in [0, 0.05) is 35.5 Å². The molecule has 0 aliphatic heterocycles. The average molecular weight is 429 g/mol. The lowest BCUT2D eigenvalue weighted by molar-refractivity contribution is -0.0429. The molecule has 0 spiro atoms. The van der Waals surface area contributed by atoms with E-state index in [0.29, 0.717) is 17.9 Å². The molecular weight excluding hydrogens is 415 g/mol. The number of aromatic nitrogens is 2. The van der Waals surface area contributed by atoms with Crippen LogP contribution < -0.4 is 4.72 Å². The molecule has 0 fully saturated rings. The summed E-state index contributed by atoms with van der Waals surface area (Å²) in [6, 6.07) is 9.17. The summed E-state index contributed by atoms with van der Waals surface area (Å²) in [4.78, 5) is 8.72. The van der Waals surface area contributed by atoms with Gasteiger partial charge >= 0.3 is 15.5 Å². The molecule has 2 heterocycles. The smallest absolute Gasteiger partial charge is 0.378 e. The molecule has 0 radical (unpaired) electrons. The minimum Gasteiger partial charge on any atom is -0.378 e. The predicted molar refractivity (Wildman–Crippen MR) is 100 cm³/mol. The molecule has 0 amide bonds. The molecule has 0 aliphatic rings. The summed E-state index contributed by atoms with van der Waals surface area (Å²) in [7, 11) is -3.87. The third-order valence-corrected chi connectivity index (χ3v) is 5.60. The van der Waals surface area contributed by atoms with Crippen LogP contribution >= 0.6 is 11.3 Å². The first-order chi connectivity index (χ1) is 13.2. The molecule has 0 saturated carbocycles. The second-order valence-corrected chi connectivity index (χ2v) is 8.17. The summed E-state index contributed by atoms with van der Waals surface area (Å²) in [5, 5.41) is 2.55. The highest BCUT2D eigenvalue weighted by molar-refractivity contribution is 7.93. The lowest BCUT2D eigenvalue weighted by Gasteiger charge is -2.10. The Morgan fingerprint density at radius 2 is 1.86 bits per heavy atom. The minimum atomic E-state index is -5.45. The van der Waals surface area contributed by atoms with Crippen molar-refractivity contribution in [1.82, 2.24) is 9.97 Å². The van der Waals surface area contributed by atoms with Gasteiger partial charge < -0.3 is 4.74 Å². The number of nitrogens with zero attached hydrogens (tertiary/aromatic N) is 2. The van der Waals surface area contributed by atoms with Gasteiger partial charge in [0.25, 0.3) is 0 Å². The maximum atomic E-state index is 12.4. The second kappa shape index (κ2) is 7.86. The van der Waals surface area contributed by atoms with E-state index >= 15 is 0 Å². The number of thiazole rings is 1. The Balaban J connectivity index is 1.80. The number of hydrogen-bond acceptors (Lipinski definition) is 6. The molecule has 11 heteroatoms. The fraction of sp³-hybridized carbons (Fsp3) is 0.176. The Kier molecular flexibility index (Phi) is 5.68. The third kappa shape index (κ3) is 4.49. The topological polar surface area (TPSA) is 81.2 Å². The Morgan fingerprint density at radius 1 is 1.14 bits per heavy atom. The first-order valence-electron chi connectivity index (χ1n) is 7.79. The predicted octanol–water partition coefficient (Wildman–Crippen LogP) is 4.28. The second-order valence-electron chi connectivity index (χ2n) is 5.64. The van der Waals surface area contributed by atoms with E-state index in [2.05, 4.69) is 9.97 Å². The van der Waals surface area contributed by atoms with Crippen LogP contribution in [0.2, 0.25) is 0 Å². The van der Waals surface area contributed by atoms with Crippen molar-refractivity contribution in [3.8, 4) is 21.8 Å². The van der Waals surface area contributed by atoms with Crippen LogP contribution in [0.15, 0.2) is 48.0 Å². The van der Waals surface area contributed by atoms with Gasteiger partial charge in [-0.2, -0.15) is 21.6 Å². The number of nitrogens with one attached hydrogen (secondary N) is 1. The maximum absolute atomic E-state index is 12.4. The molecular formula is C17H14F3N3O3S2. The quantitative estimate of drug-likeness (QED) is 0.633. The normalized spacial score (nSPS) is 12.1. The Bertz CT molecular complexity index is 1060. The van der Waals surface area contributed by atoms with Crippen LogP contribution in [0, 0.1) is 0 Å². The van der Waals surface area contributed by atoms with Gasteiger partial charge in [-0.1, -0.05) is 12.1 Å². The van der Waals surface area contributed by atoms with Crippen molar-refractivity contribution in [3.63, 3.8) is 0 Å². The van der Waals surface area contributed by atoms with Crippen LogP contribution in [-0.2, 0) is 21.4 Å². The first kappa shape index (κ1) is 20.2. The molecule has 0 aliphatic carbocycles. The fourth-order valence-electron chi connectivity index (χ4n) is 2.30. The zero-order valence-electron chi connectivity index (χ0n) is 14.4. The summed E-state index contributed by atoms with van der Waals surface area (Å²) < 4.78 is 66.2. The van der Waals surface area contributed by atoms with Gasteiger partial charge in [0.1, 0.15) is 5.01 Å². The zero-order chi connectivity index (χ0) is 20.4. The highest BCUT2D eigenvalue weighted by atomic mass is 32.2. The van der Waals surface area contributed by atoms with E-state index in [1.165, 1.54) is 40.3 Å². The van der Waals surface area contributed by atoms with Crippen LogP contribution in [0.25, 0.3) is 21.8 Å². The molecule has 0 bridgehead atoms. The maximum Gasteiger partial charge on any atom is 0.516 e. The monoisotopic (exact) mass is 429 g/mol. The number of hydrogen-bond donors (Lipinski definition) is 1. The van der Waals surface area contributed by atoms with E-state index in [9.17, 15) is 21.6 Å². The van der Waals surface area contributed by atoms with Crippen molar-refractivity contribution in [3.05, 3.63) is 53.7 Å². The lowest BCUT2D eigenvalue weighted by Crippen LogP contribution is -2.29. The summed E-state index contributed by atoms with van der Waals surface area (Å²) in [5.74, 6) is 0. The molecule has 1 aromatic carbocycles. The van der Waals surface area contributed by atoms with E-state index in [-0.39, 0.29) is 5.69 Å². The van der Waals surface area contributed by atoms with Crippen LogP contribution in [0.3, 0.4) is 0 Å². The Morgan fingerprint density at radius 3 is 2.50 bits per heavy atom. The van der Waals surface area contributed by atoms with E-state index in [0.717, 1.165) is 16.3 Å².